The van der Waals surface area contributed by atoms with Gasteiger partial charge in [-0.05, 0) is 66.3 Å². The number of aliphatic hydroxyl groups is 14. The first-order valence-corrected chi connectivity index (χ1v) is 34.7. The van der Waals surface area contributed by atoms with Crippen molar-refractivity contribution in [2.75, 3.05) is 26.4 Å². The Balaban J connectivity index is 1.05. The molecule has 4 aromatic carbocycles. The lowest BCUT2D eigenvalue weighted by Crippen LogP contribution is -2.60. The molecule has 24 nitrogen and oxygen atoms in total. The number of halogens is 12. The molecule has 3 aromatic heterocycles. The van der Waals surface area contributed by atoms with Crippen molar-refractivity contribution in [3.63, 3.8) is 0 Å². The molecular formula is C68H56F12N4O20S3. The molecule has 16 N–H and O–H groups in total. The number of aliphatic hydroxyl groups excluding tert-OH is 14. The standard InChI is InChI=1S/C68H56F12N4O20S3/c69-38-35(39(70)45(76)62(44(38)75)105-66-57(96)54(93)51(90)28(14-86)101-66)32-21-6-4-19(81-21)31(17-2-1-3-18(12-17)99-65-56(95)53(92)50(89)27(13-85)100-65)20-5-7-22(82-20)33(36-42(73)48(79)64(49(80)43(36)74)107-68-59(98)61-60(104-61)30(16-88)103-68)24-9-11-26(84-24)34(25-10-8-23(32)83-25)37-40(71)46(77)63(47(78)41(37)72)106-67-58(97)55(94)52(91)29(15-87)102-67/h1-12,27-30,50-61,65-68,82-83,85-98H,13-16H2. The third kappa shape index (κ3) is 13.2. The Labute approximate surface area is 604 Å². The maximum Gasteiger partial charge on any atom is 0.229 e. The molecule has 5 fully saturated rings. The Hall–Kier alpha value is -7.27. The minimum absolute atomic E-state index is 0.0408. The number of nitrogens with zero attached hydrogens (tertiary/aromatic N) is 2. The van der Waals surface area contributed by atoms with E-state index in [1.807, 2.05) is 0 Å². The highest BCUT2D eigenvalue weighted by Gasteiger charge is 2.58. The van der Waals surface area contributed by atoms with Crippen LogP contribution in [0, 0.1) is 69.8 Å². The van der Waals surface area contributed by atoms with Gasteiger partial charge in [-0.1, -0.05) is 47.4 Å². The van der Waals surface area contributed by atoms with E-state index in [0.717, 1.165) is 48.6 Å². The molecule has 8 bridgehead atoms. The van der Waals surface area contributed by atoms with Crippen LogP contribution < -0.4 is 4.74 Å². The molecule has 39 heteroatoms. The summed E-state index contributed by atoms with van der Waals surface area (Å²) in [6.07, 6.45) is -26.7. The van der Waals surface area contributed by atoms with Gasteiger partial charge in [-0.3, -0.25) is 0 Å². The zero-order valence-electron chi connectivity index (χ0n) is 53.7. The van der Waals surface area contributed by atoms with Crippen LogP contribution in [0.15, 0.2) is 63.2 Å². The van der Waals surface area contributed by atoms with E-state index < -0.39 is 298 Å². The van der Waals surface area contributed by atoms with E-state index >= 15 is 52.7 Å². The summed E-state index contributed by atoms with van der Waals surface area (Å²) in [7, 11) is 0. The van der Waals surface area contributed by atoms with E-state index in [2.05, 4.69) is 19.9 Å². The van der Waals surface area contributed by atoms with Gasteiger partial charge in [-0.2, -0.15) is 0 Å². The molecule has 20 unspecified atom stereocenters. The first-order chi connectivity index (χ1) is 51.0. The number of aromatic amines is 2. The number of benzene rings is 4. The largest absolute Gasteiger partial charge is 0.462 e. The molecule has 7 aromatic rings. The topological polar surface area (TPSA) is 399 Å². The maximum absolute atomic E-state index is 17.6. The van der Waals surface area contributed by atoms with Crippen molar-refractivity contribution in [3.8, 4) is 50.3 Å². The number of fused-ring (bicyclic) bond motifs is 9. The van der Waals surface area contributed by atoms with E-state index in [0.29, 0.717) is 0 Å². The van der Waals surface area contributed by atoms with Gasteiger partial charge < -0.3 is 110 Å². The van der Waals surface area contributed by atoms with Gasteiger partial charge in [0.25, 0.3) is 0 Å². The summed E-state index contributed by atoms with van der Waals surface area (Å²) in [5, 5.41) is 146. The lowest BCUT2D eigenvalue weighted by Gasteiger charge is -2.39. The van der Waals surface area contributed by atoms with E-state index in [1.54, 1.807) is 0 Å². The number of rotatable bonds is 16. The molecule has 7 aliphatic heterocycles. The molecule has 0 saturated carbocycles. The van der Waals surface area contributed by atoms with Crippen molar-refractivity contribution in [1.29, 1.82) is 0 Å². The highest BCUT2D eigenvalue weighted by molar-refractivity contribution is 8.00. The second-order valence-corrected chi connectivity index (χ2v) is 28.6. The monoisotopic (exact) mass is 1570 g/mol. The smallest absolute Gasteiger partial charge is 0.229 e. The van der Waals surface area contributed by atoms with E-state index in [1.165, 1.54) is 24.3 Å². The maximum atomic E-state index is 17.6. The fraction of sp³-hybridized carbons (Fsp3) is 0.353. The fourth-order valence-electron chi connectivity index (χ4n) is 13.2. The quantitative estimate of drug-likeness (QED) is 0.0348. The first kappa shape index (κ1) is 76.5. The second kappa shape index (κ2) is 29.9. The Morgan fingerprint density at radius 3 is 1.04 bits per heavy atom. The van der Waals surface area contributed by atoms with Gasteiger partial charge in [-0.15, -0.1) is 0 Å². The summed E-state index contributed by atoms with van der Waals surface area (Å²) in [6.45, 7) is -3.76. The van der Waals surface area contributed by atoms with Gasteiger partial charge >= 0.3 is 0 Å². The highest BCUT2D eigenvalue weighted by atomic mass is 32.2. The summed E-state index contributed by atoms with van der Waals surface area (Å²) < 4.78 is 241. The van der Waals surface area contributed by atoms with Gasteiger partial charge in [0.1, 0.15) is 120 Å². The van der Waals surface area contributed by atoms with Crippen molar-refractivity contribution in [1.82, 2.24) is 19.9 Å². The van der Waals surface area contributed by atoms with E-state index in [4.69, 9.17) is 28.4 Å². The first-order valence-electron chi connectivity index (χ1n) is 32.1. The Kier molecular flexibility index (Phi) is 21.3. The lowest BCUT2D eigenvalue weighted by molar-refractivity contribution is -0.277. The third-order valence-corrected chi connectivity index (χ3v) is 22.5. The molecule has 0 aliphatic carbocycles. The van der Waals surface area contributed by atoms with E-state index in [9.17, 15) is 71.5 Å². The van der Waals surface area contributed by atoms with Crippen LogP contribution in [0.25, 0.3) is 90.9 Å². The Morgan fingerprint density at radius 2 is 0.664 bits per heavy atom. The van der Waals surface area contributed by atoms with Crippen molar-refractivity contribution in [2.45, 2.75) is 135 Å². The molecule has 10 heterocycles. The number of ether oxygens (including phenoxy) is 6. The number of epoxide rings is 1. The van der Waals surface area contributed by atoms with Crippen LogP contribution in [-0.4, -0.2) is 238 Å². The van der Waals surface area contributed by atoms with Gasteiger partial charge in [0, 0.05) is 44.3 Å². The highest BCUT2D eigenvalue weighted by Crippen LogP contribution is 2.50. The normalized spacial score (nSPS) is 29.8. The molecule has 20 atom stereocenters. The molecule has 7 aliphatic rings. The van der Waals surface area contributed by atoms with Crippen molar-refractivity contribution >= 4 is 81.7 Å². The number of nitrogens with one attached hydrogen (secondary N) is 2. The minimum Gasteiger partial charge on any atom is -0.462 e. The van der Waals surface area contributed by atoms with Gasteiger partial charge in [-0.25, -0.2) is 62.7 Å². The predicted octanol–water partition coefficient (Wildman–Crippen LogP) is 4.89. The Bertz CT molecular complexity index is 4860. The average molecular weight is 1570 g/mol. The zero-order valence-corrected chi connectivity index (χ0v) is 56.1. The average Bonchev–Trinajstić information content (AvgIpc) is 1.69. The van der Waals surface area contributed by atoms with Gasteiger partial charge in [0.05, 0.1) is 80.6 Å². The van der Waals surface area contributed by atoms with E-state index in [-0.39, 0.29) is 63.4 Å². The summed E-state index contributed by atoms with van der Waals surface area (Å²) in [6, 6.07) is 8.88. The predicted molar refractivity (Wildman–Crippen MR) is 350 cm³/mol. The van der Waals surface area contributed by atoms with Crippen molar-refractivity contribution in [2.24, 2.45) is 0 Å². The van der Waals surface area contributed by atoms with Gasteiger partial charge in [0.15, 0.2) is 69.8 Å². The number of hydrogen-bond acceptors (Lipinski definition) is 25. The summed E-state index contributed by atoms with van der Waals surface area (Å²) in [5.41, 5.74) is -19.8. The number of hydrogen-bond donors (Lipinski definition) is 16. The number of aromatic nitrogens is 4. The molecule has 0 amide bonds. The van der Waals surface area contributed by atoms with Crippen LogP contribution in [0.5, 0.6) is 5.75 Å². The molecule has 5 saturated heterocycles. The SMILES string of the molecule is OCC1OC(Oc2cccc(-c3c4nc(c(-c5c(F)c(F)c(SC6OC(CO)C(O)C(O)C6O)c(F)c5F)c5ccc([nH]5)c(-c5c(F)c(F)c(SC6OC(CO)C(O)C(O)C6O)c(F)c5F)c5nc(c(-c6c(F)c(F)c(SC7OC(CO)C8OC8C7O)c(F)c6F)c6ccc3[nH]6)C=C5)C=C4)c2)C(O)C(O)C1O. The number of thioether (sulfide) groups is 3. The molecule has 14 rings (SSSR count). The third-order valence-electron chi connectivity index (χ3n) is 18.8. The van der Waals surface area contributed by atoms with Crippen molar-refractivity contribution < 1.29 is 153 Å². The zero-order chi connectivity index (χ0) is 76.5. The molecule has 570 valence electrons. The van der Waals surface area contributed by atoms with Crippen LogP contribution in [0.1, 0.15) is 22.8 Å². The van der Waals surface area contributed by atoms with Crippen LogP contribution in [-0.2, 0) is 23.7 Å². The minimum atomic E-state index is -2.36. The summed E-state index contributed by atoms with van der Waals surface area (Å²) in [5.74, 6) is -27.3. The Morgan fingerprint density at radius 1 is 0.336 bits per heavy atom. The lowest BCUT2D eigenvalue weighted by atomic mass is 9.99. The molecule has 0 radical (unpaired) electrons. The molecular weight excluding hydrogens is 1520 g/mol. The number of H-pyrrole nitrogens is 2. The fourth-order valence-corrected chi connectivity index (χ4v) is 16.6. The van der Waals surface area contributed by atoms with Crippen LogP contribution in [0.4, 0.5) is 52.7 Å². The molecule has 107 heavy (non-hydrogen) atoms. The summed E-state index contributed by atoms with van der Waals surface area (Å²) in [4.78, 5) is 9.84. The van der Waals surface area contributed by atoms with Crippen LogP contribution in [0.3, 0.4) is 0 Å². The molecule has 0 spiro atoms. The van der Waals surface area contributed by atoms with Crippen LogP contribution >= 0.6 is 35.3 Å². The summed E-state index contributed by atoms with van der Waals surface area (Å²) >= 11 is -0.571. The van der Waals surface area contributed by atoms with Crippen LogP contribution in [0.2, 0.25) is 0 Å². The second-order valence-electron chi connectivity index (χ2n) is 25.3. The van der Waals surface area contributed by atoms with Crippen molar-refractivity contribution in [3.05, 3.63) is 141 Å². The van der Waals surface area contributed by atoms with Gasteiger partial charge in [0.2, 0.25) is 6.29 Å².